The quantitative estimate of drug-likeness (QED) is 0.500. The number of benzene rings is 1. The number of ether oxygens (including phenoxy) is 1. The number of nitrogens with zero attached hydrogens (tertiary/aromatic N) is 2. The second-order valence-electron chi connectivity index (χ2n) is 9.17. The Kier molecular flexibility index (Phi) is 6.00. The topological polar surface area (TPSA) is 106 Å². The monoisotopic (exact) mass is 505 g/mol. The molecule has 1 amide bonds. The summed E-state index contributed by atoms with van der Waals surface area (Å²) in [5.74, 6) is 0.223. The van der Waals surface area contributed by atoms with E-state index in [2.05, 4.69) is 10.3 Å². The van der Waals surface area contributed by atoms with E-state index in [0.717, 1.165) is 16.6 Å². The highest BCUT2D eigenvalue weighted by atomic mass is 32.1. The number of hydrogen-bond acceptors (Lipinski definition) is 7. The van der Waals surface area contributed by atoms with Crippen molar-refractivity contribution in [3.63, 3.8) is 0 Å². The number of hydrogen-bond donors (Lipinski definition) is 3. The standard InChI is InChI=1S/C24H26F3N5O2S/c1-12-2-6-17-20(29)21(35-23(17)30-12)22(33)31-15-8-13-3-5-16(9-18(13)34-11-15)32-10-14(28)4-7-19(32)24(25,26)27/h2-3,5-6,9,14-15,19H,4,7-8,10-11,28-29H2,1H3,(H,31,33)/t14-,15-,19-/m1/s1. The van der Waals surface area contributed by atoms with Crippen LogP contribution >= 0.6 is 11.3 Å². The third-order valence-corrected chi connectivity index (χ3v) is 7.67. The number of alkyl halides is 3. The van der Waals surface area contributed by atoms with Crippen molar-refractivity contribution in [2.24, 2.45) is 5.73 Å². The van der Waals surface area contributed by atoms with Crippen molar-refractivity contribution in [3.05, 3.63) is 46.5 Å². The summed E-state index contributed by atoms with van der Waals surface area (Å²) >= 11 is 1.24. The number of anilines is 2. The molecular weight excluding hydrogens is 479 g/mol. The molecule has 3 aromatic rings. The maximum atomic E-state index is 13.6. The summed E-state index contributed by atoms with van der Waals surface area (Å²) < 4.78 is 46.7. The lowest BCUT2D eigenvalue weighted by Crippen LogP contribution is -2.54. The molecule has 0 saturated carbocycles. The van der Waals surface area contributed by atoms with Crippen LogP contribution in [0.2, 0.25) is 0 Å². The third kappa shape index (κ3) is 4.62. The Balaban J connectivity index is 1.31. The van der Waals surface area contributed by atoms with Crippen LogP contribution in [0.15, 0.2) is 30.3 Å². The molecule has 5 rings (SSSR count). The first-order valence-corrected chi connectivity index (χ1v) is 12.2. The second-order valence-corrected chi connectivity index (χ2v) is 10.2. The molecule has 186 valence electrons. The van der Waals surface area contributed by atoms with Crippen LogP contribution in [-0.2, 0) is 6.42 Å². The van der Waals surface area contributed by atoms with Crippen LogP contribution < -0.4 is 26.4 Å². The lowest BCUT2D eigenvalue weighted by molar-refractivity contribution is -0.153. The number of rotatable bonds is 3. The van der Waals surface area contributed by atoms with Gasteiger partial charge in [-0.25, -0.2) is 4.98 Å². The minimum atomic E-state index is -4.34. The molecule has 11 heteroatoms. The summed E-state index contributed by atoms with van der Waals surface area (Å²) in [6.45, 7) is 2.21. The van der Waals surface area contributed by atoms with E-state index in [1.165, 1.54) is 16.2 Å². The van der Waals surface area contributed by atoms with Gasteiger partial charge in [0.15, 0.2) is 0 Å². The van der Waals surface area contributed by atoms with Crippen LogP contribution in [0.1, 0.15) is 33.8 Å². The Morgan fingerprint density at radius 2 is 2.06 bits per heavy atom. The fraction of sp³-hybridized carbons (Fsp3) is 0.417. The van der Waals surface area contributed by atoms with Crippen molar-refractivity contribution in [1.29, 1.82) is 0 Å². The summed E-state index contributed by atoms with van der Waals surface area (Å²) in [7, 11) is 0. The summed E-state index contributed by atoms with van der Waals surface area (Å²) in [6.07, 6.45) is -3.54. The first-order valence-electron chi connectivity index (χ1n) is 11.4. The van der Waals surface area contributed by atoms with E-state index >= 15 is 0 Å². The smallest absolute Gasteiger partial charge is 0.408 e. The predicted molar refractivity (Wildman–Crippen MR) is 130 cm³/mol. The summed E-state index contributed by atoms with van der Waals surface area (Å²) in [5.41, 5.74) is 14.7. The van der Waals surface area contributed by atoms with Crippen molar-refractivity contribution in [3.8, 4) is 5.75 Å². The van der Waals surface area contributed by atoms with Gasteiger partial charge in [-0.2, -0.15) is 13.2 Å². The number of nitrogens with one attached hydrogen (secondary N) is 1. The predicted octanol–water partition coefficient (Wildman–Crippen LogP) is 3.78. The second kappa shape index (κ2) is 8.87. The molecule has 2 aromatic heterocycles. The van der Waals surface area contributed by atoms with Gasteiger partial charge in [-0.15, -0.1) is 11.3 Å². The molecular formula is C24H26F3N5O2S. The van der Waals surface area contributed by atoms with Crippen molar-refractivity contribution in [2.75, 3.05) is 23.8 Å². The van der Waals surface area contributed by atoms with Gasteiger partial charge in [-0.3, -0.25) is 4.79 Å². The van der Waals surface area contributed by atoms with Gasteiger partial charge in [0.05, 0.1) is 11.7 Å². The molecule has 1 saturated heterocycles. The van der Waals surface area contributed by atoms with Gasteiger partial charge in [0.25, 0.3) is 5.91 Å². The normalized spacial score (nSPS) is 22.5. The zero-order valence-corrected chi connectivity index (χ0v) is 19.9. The van der Waals surface area contributed by atoms with Crippen LogP contribution in [0.4, 0.5) is 24.5 Å². The van der Waals surface area contributed by atoms with E-state index in [1.54, 1.807) is 18.2 Å². The minimum Gasteiger partial charge on any atom is -0.491 e. The number of carbonyl (C=O) groups is 1. The van der Waals surface area contributed by atoms with Crippen LogP contribution in [0.25, 0.3) is 10.2 Å². The van der Waals surface area contributed by atoms with Crippen LogP contribution in [0.5, 0.6) is 5.75 Å². The molecule has 0 radical (unpaired) electrons. The van der Waals surface area contributed by atoms with E-state index in [9.17, 15) is 18.0 Å². The maximum absolute atomic E-state index is 13.6. The van der Waals surface area contributed by atoms with Gasteiger partial charge in [0.1, 0.15) is 28.1 Å². The molecule has 2 aliphatic heterocycles. The Morgan fingerprint density at radius 3 is 2.83 bits per heavy atom. The molecule has 0 bridgehead atoms. The average Bonchev–Trinajstić information content (AvgIpc) is 3.13. The van der Waals surface area contributed by atoms with Gasteiger partial charge >= 0.3 is 6.18 Å². The number of nitrogen functional groups attached to an aromatic ring is 1. The number of thiophene rings is 1. The van der Waals surface area contributed by atoms with Crippen LogP contribution in [0.3, 0.4) is 0 Å². The molecule has 1 fully saturated rings. The van der Waals surface area contributed by atoms with Gasteiger partial charge in [0.2, 0.25) is 0 Å². The van der Waals surface area contributed by atoms with E-state index in [-0.39, 0.29) is 37.6 Å². The highest BCUT2D eigenvalue weighted by Gasteiger charge is 2.46. The van der Waals surface area contributed by atoms with Gasteiger partial charge in [0, 0.05) is 35.4 Å². The molecule has 1 aromatic carbocycles. The van der Waals surface area contributed by atoms with Crippen molar-refractivity contribution in [1.82, 2.24) is 10.3 Å². The number of fused-ring (bicyclic) bond motifs is 2. The molecule has 3 atom stereocenters. The Hall–Kier alpha value is -3.05. The molecule has 7 nitrogen and oxygen atoms in total. The number of piperidine rings is 1. The lowest BCUT2D eigenvalue weighted by Gasteiger charge is -2.41. The fourth-order valence-electron chi connectivity index (χ4n) is 4.77. The summed E-state index contributed by atoms with van der Waals surface area (Å²) in [5, 5.41) is 3.71. The number of aryl methyl sites for hydroxylation is 1. The van der Waals surface area contributed by atoms with Crippen molar-refractivity contribution >= 4 is 38.8 Å². The lowest BCUT2D eigenvalue weighted by atomic mass is 9.96. The average molecular weight is 506 g/mol. The first kappa shape index (κ1) is 23.7. The van der Waals surface area contributed by atoms with Crippen molar-refractivity contribution in [2.45, 2.75) is 50.5 Å². The van der Waals surface area contributed by atoms with Gasteiger partial charge < -0.3 is 26.4 Å². The summed E-state index contributed by atoms with van der Waals surface area (Å²) in [4.78, 5) is 19.8. The number of carbonyl (C=O) groups excluding carboxylic acids is 1. The molecule has 0 unspecified atom stereocenters. The SMILES string of the molecule is Cc1ccc2c(N)c(C(=O)N[C@H]3COc4cc(N5C[C@H](N)CC[C@@H]5C(F)(F)F)ccc4C3)sc2n1. The zero-order valence-electron chi connectivity index (χ0n) is 19.1. The molecule has 0 spiro atoms. The molecule has 4 heterocycles. The molecule has 0 aliphatic carbocycles. The van der Waals surface area contributed by atoms with Gasteiger partial charge in [-0.05, 0) is 49.9 Å². The number of pyridine rings is 1. The number of amides is 1. The zero-order chi connectivity index (χ0) is 24.9. The van der Waals surface area contributed by atoms with Crippen LogP contribution in [0, 0.1) is 6.92 Å². The highest BCUT2D eigenvalue weighted by Crippen LogP contribution is 2.38. The van der Waals surface area contributed by atoms with E-state index in [0.29, 0.717) is 39.7 Å². The largest absolute Gasteiger partial charge is 0.491 e. The maximum Gasteiger partial charge on any atom is 0.408 e. The van der Waals surface area contributed by atoms with E-state index < -0.39 is 12.2 Å². The summed E-state index contributed by atoms with van der Waals surface area (Å²) in [6, 6.07) is 6.59. The number of aromatic nitrogens is 1. The number of nitrogens with two attached hydrogens (primary N) is 2. The minimum absolute atomic E-state index is 0.0351. The van der Waals surface area contributed by atoms with E-state index in [1.807, 2.05) is 19.1 Å². The van der Waals surface area contributed by atoms with E-state index in [4.69, 9.17) is 16.2 Å². The molecule has 35 heavy (non-hydrogen) atoms. The Bertz CT molecular complexity index is 1280. The van der Waals surface area contributed by atoms with Crippen LogP contribution in [-0.4, -0.2) is 48.3 Å². The molecule has 2 aliphatic rings. The number of halogens is 3. The third-order valence-electron chi connectivity index (χ3n) is 6.56. The molecule has 5 N–H and O–H groups in total. The Labute approximate surface area is 204 Å². The van der Waals surface area contributed by atoms with Gasteiger partial charge in [-0.1, -0.05) is 6.07 Å². The van der Waals surface area contributed by atoms with Crippen molar-refractivity contribution < 1.29 is 22.7 Å². The highest BCUT2D eigenvalue weighted by molar-refractivity contribution is 7.21. The first-order chi connectivity index (χ1) is 16.6. The Morgan fingerprint density at radius 1 is 1.26 bits per heavy atom. The fourth-order valence-corrected chi connectivity index (χ4v) is 5.81.